The van der Waals surface area contributed by atoms with Crippen molar-refractivity contribution in [3.8, 4) is 11.3 Å². The van der Waals surface area contributed by atoms with Gasteiger partial charge in [-0.15, -0.1) is 0 Å². The van der Waals surface area contributed by atoms with Gasteiger partial charge in [0.05, 0.1) is 17.6 Å². The first-order chi connectivity index (χ1) is 10.7. The van der Waals surface area contributed by atoms with E-state index in [4.69, 9.17) is 4.98 Å². The summed E-state index contributed by atoms with van der Waals surface area (Å²) in [4.78, 5) is 9.69. The highest BCUT2D eigenvalue weighted by Gasteiger charge is 2.38. The molecule has 3 heterocycles. The van der Waals surface area contributed by atoms with Gasteiger partial charge in [-0.2, -0.15) is 0 Å². The zero-order valence-electron chi connectivity index (χ0n) is 13.4. The van der Waals surface area contributed by atoms with Crippen LogP contribution in [0, 0.1) is 18.8 Å². The largest absolute Gasteiger partial charge is 0.370 e. The average Bonchev–Trinajstić information content (AvgIpc) is 3.05. The van der Waals surface area contributed by atoms with Crippen LogP contribution in [0.3, 0.4) is 0 Å². The molecule has 0 aliphatic carbocycles. The highest BCUT2D eigenvalue weighted by atomic mass is 15.2. The number of hydrogen-bond acceptors (Lipinski definition) is 3. The van der Waals surface area contributed by atoms with Gasteiger partial charge in [-0.1, -0.05) is 24.3 Å². The lowest BCUT2D eigenvalue weighted by molar-refractivity contribution is 0.387. The zero-order valence-corrected chi connectivity index (χ0v) is 13.4. The molecule has 2 fully saturated rings. The van der Waals surface area contributed by atoms with Gasteiger partial charge in [0.1, 0.15) is 0 Å². The summed E-state index contributed by atoms with van der Waals surface area (Å²) < 4.78 is 0. The summed E-state index contributed by atoms with van der Waals surface area (Å²) in [5.41, 5.74) is 4.85. The highest BCUT2D eigenvalue weighted by Crippen LogP contribution is 2.33. The standard InChI is InChI=1S/C19H23N3/c1-14-5-3-4-6-18(14)19-8-7-17(9-20-19)22-12-15-10-21(2)11-16(15)13-22/h3-9,15-16H,10-13H2,1-2H3. The third kappa shape index (κ3) is 2.40. The molecule has 0 saturated carbocycles. The number of rotatable bonds is 2. The lowest BCUT2D eigenvalue weighted by Crippen LogP contribution is -2.26. The van der Waals surface area contributed by atoms with E-state index >= 15 is 0 Å². The Morgan fingerprint density at radius 3 is 2.32 bits per heavy atom. The zero-order chi connectivity index (χ0) is 15.1. The second-order valence-electron chi connectivity index (χ2n) is 6.86. The predicted molar refractivity (Wildman–Crippen MR) is 91.1 cm³/mol. The number of pyridine rings is 1. The molecule has 4 rings (SSSR count). The van der Waals surface area contributed by atoms with E-state index < -0.39 is 0 Å². The Morgan fingerprint density at radius 1 is 0.955 bits per heavy atom. The van der Waals surface area contributed by atoms with Crippen LogP contribution in [0.25, 0.3) is 11.3 Å². The maximum atomic E-state index is 4.71. The van der Waals surface area contributed by atoms with Crippen LogP contribution in [0.2, 0.25) is 0 Å². The minimum atomic E-state index is 0.834. The molecule has 0 amide bonds. The van der Waals surface area contributed by atoms with Gasteiger partial charge in [-0.05, 0) is 43.5 Å². The van der Waals surface area contributed by atoms with E-state index in [0.29, 0.717) is 0 Å². The van der Waals surface area contributed by atoms with Crippen molar-refractivity contribution in [3.05, 3.63) is 48.2 Å². The fraction of sp³-hybridized carbons (Fsp3) is 0.421. The maximum absolute atomic E-state index is 4.71. The Balaban J connectivity index is 1.53. The van der Waals surface area contributed by atoms with Gasteiger partial charge in [0.15, 0.2) is 0 Å². The number of likely N-dealkylation sites (tertiary alicyclic amines) is 1. The smallest absolute Gasteiger partial charge is 0.0706 e. The molecule has 22 heavy (non-hydrogen) atoms. The number of anilines is 1. The molecule has 2 aliphatic heterocycles. The van der Waals surface area contributed by atoms with Crippen molar-refractivity contribution in [2.75, 3.05) is 38.1 Å². The quantitative estimate of drug-likeness (QED) is 0.848. The lowest BCUT2D eigenvalue weighted by atomic mass is 10.0. The van der Waals surface area contributed by atoms with Crippen molar-refractivity contribution in [2.45, 2.75) is 6.92 Å². The molecule has 3 heteroatoms. The van der Waals surface area contributed by atoms with Crippen molar-refractivity contribution in [1.82, 2.24) is 9.88 Å². The normalized spacial score (nSPS) is 24.7. The van der Waals surface area contributed by atoms with Crippen LogP contribution in [-0.2, 0) is 0 Å². The van der Waals surface area contributed by atoms with Gasteiger partial charge >= 0.3 is 0 Å². The van der Waals surface area contributed by atoms with Crippen LogP contribution >= 0.6 is 0 Å². The molecular weight excluding hydrogens is 270 g/mol. The second-order valence-corrected chi connectivity index (χ2v) is 6.86. The molecule has 1 aromatic heterocycles. The Bertz CT molecular complexity index is 651. The minimum absolute atomic E-state index is 0.834. The Kier molecular flexibility index (Phi) is 3.38. The number of hydrogen-bond donors (Lipinski definition) is 0. The van der Waals surface area contributed by atoms with Crippen molar-refractivity contribution >= 4 is 5.69 Å². The number of benzene rings is 1. The van der Waals surface area contributed by atoms with Crippen LogP contribution in [0.15, 0.2) is 42.6 Å². The Hall–Kier alpha value is -1.87. The van der Waals surface area contributed by atoms with Crippen LogP contribution < -0.4 is 4.90 Å². The third-order valence-corrected chi connectivity index (χ3v) is 5.20. The van der Waals surface area contributed by atoms with Gasteiger partial charge in [-0.3, -0.25) is 4.98 Å². The molecule has 3 nitrogen and oxygen atoms in total. The van der Waals surface area contributed by atoms with Crippen LogP contribution in [0.4, 0.5) is 5.69 Å². The topological polar surface area (TPSA) is 19.4 Å². The Morgan fingerprint density at radius 2 is 1.68 bits per heavy atom. The molecule has 0 bridgehead atoms. The number of aromatic nitrogens is 1. The van der Waals surface area contributed by atoms with E-state index in [9.17, 15) is 0 Å². The first-order valence-electron chi connectivity index (χ1n) is 8.16. The SMILES string of the molecule is Cc1ccccc1-c1ccc(N2CC3CN(C)CC3C2)cn1. The molecule has 2 atom stereocenters. The molecule has 0 N–H and O–H groups in total. The molecule has 0 radical (unpaired) electrons. The fourth-order valence-corrected chi connectivity index (χ4v) is 4.03. The van der Waals surface area contributed by atoms with Crippen molar-refractivity contribution in [3.63, 3.8) is 0 Å². The first-order valence-corrected chi connectivity index (χ1v) is 8.16. The van der Waals surface area contributed by atoms with Crippen LogP contribution in [0.5, 0.6) is 0 Å². The summed E-state index contributed by atoms with van der Waals surface area (Å²) in [6.07, 6.45) is 2.05. The van der Waals surface area contributed by atoms with Gasteiger partial charge < -0.3 is 9.80 Å². The average molecular weight is 293 g/mol. The maximum Gasteiger partial charge on any atom is 0.0706 e. The molecule has 2 saturated heterocycles. The molecule has 1 aromatic carbocycles. The number of nitrogens with zero attached hydrogens (tertiary/aromatic N) is 3. The second kappa shape index (κ2) is 5.40. The van der Waals surface area contributed by atoms with E-state index in [2.05, 4.69) is 60.2 Å². The predicted octanol–water partition coefficient (Wildman–Crippen LogP) is 3.05. The summed E-state index contributed by atoms with van der Waals surface area (Å²) >= 11 is 0. The van der Waals surface area contributed by atoms with Crippen molar-refractivity contribution < 1.29 is 0 Å². The van der Waals surface area contributed by atoms with Gasteiger partial charge in [0.25, 0.3) is 0 Å². The van der Waals surface area contributed by atoms with Gasteiger partial charge in [-0.25, -0.2) is 0 Å². The van der Waals surface area contributed by atoms with E-state index in [1.54, 1.807) is 0 Å². The number of aryl methyl sites for hydroxylation is 1. The molecule has 2 aromatic rings. The first kappa shape index (κ1) is 13.8. The van der Waals surface area contributed by atoms with E-state index in [-0.39, 0.29) is 0 Å². The van der Waals surface area contributed by atoms with E-state index in [1.165, 1.54) is 43.0 Å². The van der Waals surface area contributed by atoms with Gasteiger partial charge in [0, 0.05) is 31.7 Å². The van der Waals surface area contributed by atoms with Crippen molar-refractivity contribution in [2.24, 2.45) is 11.8 Å². The molecule has 114 valence electrons. The molecule has 2 unspecified atom stereocenters. The van der Waals surface area contributed by atoms with Crippen LogP contribution in [0.1, 0.15) is 5.56 Å². The van der Waals surface area contributed by atoms with E-state index in [1.807, 2.05) is 6.20 Å². The van der Waals surface area contributed by atoms with Crippen molar-refractivity contribution in [1.29, 1.82) is 0 Å². The van der Waals surface area contributed by atoms with Gasteiger partial charge in [0.2, 0.25) is 0 Å². The summed E-state index contributed by atoms with van der Waals surface area (Å²) in [5, 5.41) is 0. The number of fused-ring (bicyclic) bond motifs is 1. The summed E-state index contributed by atoms with van der Waals surface area (Å²) in [6, 6.07) is 12.8. The third-order valence-electron chi connectivity index (χ3n) is 5.20. The lowest BCUT2D eigenvalue weighted by Gasteiger charge is -2.21. The summed E-state index contributed by atoms with van der Waals surface area (Å²) in [6.45, 7) is 7.00. The van der Waals surface area contributed by atoms with Crippen LogP contribution in [-0.4, -0.2) is 43.1 Å². The molecule has 0 spiro atoms. The summed E-state index contributed by atoms with van der Waals surface area (Å²) in [7, 11) is 2.24. The Labute approximate surface area is 132 Å². The summed E-state index contributed by atoms with van der Waals surface area (Å²) in [5.74, 6) is 1.67. The molecule has 2 aliphatic rings. The molecular formula is C19H23N3. The fourth-order valence-electron chi connectivity index (χ4n) is 4.03. The highest BCUT2D eigenvalue weighted by molar-refractivity contribution is 5.65. The minimum Gasteiger partial charge on any atom is -0.370 e. The van der Waals surface area contributed by atoms with E-state index in [0.717, 1.165) is 17.5 Å². The monoisotopic (exact) mass is 293 g/mol.